The van der Waals surface area contributed by atoms with Crippen molar-refractivity contribution in [3.8, 4) is 0 Å². The quantitative estimate of drug-likeness (QED) is 0.734. The fourth-order valence-electron chi connectivity index (χ4n) is 1.70. The zero-order valence-corrected chi connectivity index (χ0v) is 8.91. The standard InChI is InChI=1S/C12H12N2O2/c1-3-8-4-6-9(7-5-8)12(2)10(15)13-11(16)14-12/h3-7H,1H2,2H3,(H2,13,14,15,16). The van der Waals surface area contributed by atoms with Gasteiger partial charge in [0, 0.05) is 0 Å². The molecule has 2 rings (SSSR count). The fraction of sp³-hybridized carbons (Fsp3) is 0.167. The summed E-state index contributed by atoms with van der Waals surface area (Å²) in [5.41, 5.74) is 0.745. The molecule has 4 nitrogen and oxygen atoms in total. The van der Waals surface area contributed by atoms with E-state index in [9.17, 15) is 9.59 Å². The van der Waals surface area contributed by atoms with Crippen LogP contribution < -0.4 is 10.6 Å². The molecule has 2 N–H and O–H groups in total. The maximum Gasteiger partial charge on any atom is 0.322 e. The van der Waals surface area contributed by atoms with Crippen molar-refractivity contribution in [2.45, 2.75) is 12.5 Å². The van der Waals surface area contributed by atoms with Crippen LogP contribution in [-0.2, 0) is 10.3 Å². The number of rotatable bonds is 2. The molecule has 1 aliphatic heterocycles. The van der Waals surface area contributed by atoms with Gasteiger partial charge in [-0.05, 0) is 18.1 Å². The minimum absolute atomic E-state index is 0.330. The lowest BCUT2D eigenvalue weighted by Gasteiger charge is -2.20. The zero-order valence-electron chi connectivity index (χ0n) is 8.91. The lowest BCUT2D eigenvalue weighted by atomic mass is 9.91. The first-order valence-corrected chi connectivity index (χ1v) is 4.93. The summed E-state index contributed by atoms with van der Waals surface area (Å²) in [6.07, 6.45) is 1.72. The molecular weight excluding hydrogens is 204 g/mol. The number of carbonyl (C=O) groups is 2. The van der Waals surface area contributed by atoms with Gasteiger partial charge in [-0.2, -0.15) is 0 Å². The Balaban J connectivity index is 2.39. The molecule has 0 radical (unpaired) electrons. The average Bonchev–Trinajstić information content (AvgIpc) is 2.54. The topological polar surface area (TPSA) is 58.2 Å². The Morgan fingerprint density at radius 1 is 1.25 bits per heavy atom. The van der Waals surface area contributed by atoms with Crippen molar-refractivity contribution >= 4 is 18.0 Å². The molecule has 1 unspecified atom stereocenters. The van der Waals surface area contributed by atoms with Crippen LogP contribution in [0.15, 0.2) is 30.8 Å². The molecule has 1 aromatic rings. The van der Waals surface area contributed by atoms with Gasteiger partial charge in [0.15, 0.2) is 0 Å². The third-order valence-corrected chi connectivity index (χ3v) is 2.77. The van der Waals surface area contributed by atoms with Crippen LogP contribution in [0, 0.1) is 0 Å². The van der Waals surface area contributed by atoms with Gasteiger partial charge in [-0.15, -0.1) is 0 Å². The van der Waals surface area contributed by atoms with Gasteiger partial charge in [0.25, 0.3) is 5.91 Å². The van der Waals surface area contributed by atoms with Crippen LogP contribution >= 0.6 is 0 Å². The molecule has 1 fully saturated rings. The number of benzene rings is 1. The monoisotopic (exact) mass is 216 g/mol. The Morgan fingerprint density at radius 3 is 2.31 bits per heavy atom. The zero-order chi connectivity index (χ0) is 11.8. The minimum atomic E-state index is -0.975. The van der Waals surface area contributed by atoms with Crippen molar-refractivity contribution in [1.29, 1.82) is 0 Å². The molecular formula is C12H12N2O2. The van der Waals surface area contributed by atoms with Gasteiger partial charge in [-0.25, -0.2) is 4.79 Å². The van der Waals surface area contributed by atoms with Crippen LogP contribution in [0.2, 0.25) is 0 Å². The van der Waals surface area contributed by atoms with Crippen molar-refractivity contribution < 1.29 is 9.59 Å². The van der Waals surface area contributed by atoms with Crippen LogP contribution in [0.3, 0.4) is 0 Å². The second-order valence-corrected chi connectivity index (χ2v) is 3.86. The lowest BCUT2D eigenvalue weighted by molar-refractivity contribution is -0.123. The number of hydrogen-bond acceptors (Lipinski definition) is 2. The highest BCUT2D eigenvalue weighted by molar-refractivity contribution is 6.07. The maximum atomic E-state index is 11.6. The van der Waals surface area contributed by atoms with Gasteiger partial charge in [-0.1, -0.05) is 36.9 Å². The Hall–Kier alpha value is -2.10. The van der Waals surface area contributed by atoms with E-state index in [-0.39, 0.29) is 5.91 Å². The van der Waals surface area contributed by atoms with Crippen molar-refractivity contribution in [1.82, 2.24) is 10.6 Å². The molecule has 0 aliphatic carbocycles. The normalized spacial score (nSPS) is 23.8. The van der Waals surface area contributed by atoms with Crippen LogP contribution in [0.5, 0.6) is 0 Å². The van der Waals surface area contributed by atoms with Gasteiger partial charge in [0.2, 0.25) is 0 Å². The van der Waals surface area contributed by atoms with Crippen molar-refractivity contribution in [2.75, 3.05) is 0 Å². The molecule has 3 amide bonds. The van der Waals surface area contributed by atoms with E-state index in [4.69, 9.17) is 0 Å². The Kier molecular flexibility index (Phi) is 2.27. The Morgan fingerprint density at radius 2 is 1.88 bits per heavy atom. The highest BCUT2D eigenvalue weighted by Crippen LogP contribution is 2.24. The predicted molar refractivity (Wildman–Crippen MR) is 60.6 cm³/mol. The second kappa shape index (κ2) is 3.48. The molecule has 0 aromatic heterocycles. The molecule has 82 valence electrons. The molecule has 0 bridgehead atoms. The Bertz CT molecular complexity index is 464. The van der Waals surface area contributed by atoms with E-state index in [2.05, 4.69) is 17.2 Å². The molecule has 1 saturated heterocycles. The van der Waals surface area contributed by atoms with Gasteiger partial charge in [0.05, 0.1) is 0 Å². The van der Waals surface area contributed by atoms with Gasteiger partial charge in [0.1, 0.15) is 5.54 Å². The first-order chi connectivity index (χ1) is 7.56. The summed E-state index contributed by atoms with van der Waals surface area (Å²) in [4.78, 5) is 22.8. The van der Waals surface area contributed by atoms with E-state index in [0.717, 1.165) is 11.1 Å². The largest absolute Gasteiger partial charge is 0.322 e. The van der Waals surface area contributed by atoms with E-state index < -0.39 is 11.6 Å². The summed E-state index contributed by atoms with van der Waals surface area (Å²) >= 11 is 0. The van der Waals surface area contributed by atoms with E-state index in [0.29, 0.717) is 0 Å². The Labute approximate surface area is 93.3 Å². The molecule has 1 aromatic carbocycles. The van der Waals surface area contributed by atoms with Crippen LogP contribution in [0.4, 0.5) is 4.79 Å². The number of nitrogens with one attached hydrogen (secondary N) is 2. The first-order valence-electron chi connectivity index (χ1n) is 4.93. The second-order valence-electron chi connectivity index (χ2n) is 3.86. The number of imide groups is 1. The SMILES string of the molecule is C=Cc1ccc(C2(C)NC(=O)NC2=O)cc1. The van der Waals surface area contributed by atoms with Crippen LogP contribution in [-0.4, -0.2) is 11.9 Å². The van der Waals surface area contributed by atoms with Crippen LogP contribution in [0.25, 0.3) is 6.08 Å². The third-order valence-electron chi connectivity index (χ3n) is 2.77. The summed E-state index contributed by atoms with van der Waals surface area (Å²) in [6.45, 7) is 5.33. The van der Waals surface area contributed by atoms with E-state index in [1.807, 2.05) is 24.3 Å². The molecule has 1 heterocycles. The fourth-order valence-corrected chi connectivity index (χ4v) is 1.70. The van der Waals surface area contributed by atoms with Crippen molar-refractivity contribution in [3.63, 3.8) is 0 Å². The lowest BCUT2D eigenvalue weighted by Crippen LogP contribution is -2.40. The number of hydrogen-bond donors (Lipinski definition) is 2. The first kappa shape index (κ1) is 10.4. The van der Waals surface area contributed by atoms with Gasteiger partial charge >= 0.3 is 6.03 Å². The maximum absolute atomic E-state index is 11.6. The summed E-state index contributed by atoms with van der Waals surface area (Å²) in [5.74, 6) is -0.330. The molecule has 1 atom stereocenters. The summed E-state index contributed by atoms with van der Waals surface area (Å²) in [7, 11) is 0. The summed E-state index contributed by atoms with van der Waals surface area (Å²) < 4.78 is 0. The summed E-state index contributed by atoms with van der Waals surface area (Å²) in [5, 5.41) is 4.83. The highest BCUT2D eigenvalue weighted by atomic mass is 16.2. The summed E-state index contributed by atoms with van der Waals surface area (Å²) in [6, 6.07) is 6.86. The van der Waals surface area contributed by atoms with Crippen molar-refractivity contribution in [2.24, 2.45) is 0 Å². The molecule has 1 aliphatic rings. The smallest absolute Gasteiger partial charge is 0.320 e. The van der Waals surface area contributed by atoms with E-state index in [1.54, 1.807) is 13.0 Å². The molecule has 0 spiro atoms. The number of amides is 3. The number of carbonyl (C=O) groups excluding carboxylic acids is 2. The van der Waals surface area contributed by atoms with Gasteiger partial charge in [-0.3, -0.25) is 10.1 Å². The van der Waals surface area contributed by atoms with Gasteiger partial charge < -0.3 is 5.32 Å². The van der Waals surface area contributed by atoms with E-state index in [1.165, 1.54) is 0 Å². The number of urea groups is 1. The van der Waals surface area contributed by atoms with Crippen molar-refractivity contribution in [3.05, 3.63) is 42.0 Å². The highest BCUT2D eigenvalue weighted by Gasteiger charge is 2.43. The average molecular weight is 216 g/mol. The third kappa shape index (κ3) is 1.48. The molecule has 16 heavy (non-hydrogen) atoms. The molecule has 0 saturated carbocycles. The molecule has 4 heteroatoms. The van der Waals surface area contributed by atoms with Crippen LogP contribution in [0.1, 0.15) is 18.1 Å². The predicted octanol–water partition coefficient (Wildman–Crippen LogP) is 1.38. The minimum Gasteiger partial charge on any atom is -0.320 e. The van der Waals surface area contributed by atoms with E-state index >= 15 is 0 Å².